The van der Waals surface area contributed by atoms with Crippen molar-refractivity contribution in [3.8, 4) is 11.5 Å². The first-order valence-electron chi connectivity index (χ1n) is 12.0. The number of methoxy groups -OCH3 is 2. The molecule has 3 aromatic rings. The number of carbonyl (C=O) groups excluding carboxylic acids is 2. The minimum Gasteiger partial charge on any atom is -0.493 e. The Kier molecular flexibility index (Phi) is 8.15. The molecule has 1 unspecified atom stereocenters. The Labute approximate surface area is 210 Å². The van der Waals surface area contributed by atoms with Gasteiger partial charge in [-0.1, -0.05) is 31.4 Å². The molecule has 0 aliphatic heterocycles. The molecule has 1 atom stereocenters. The van der Waals surface area contributed by atoms with Gasteiger partial charge in [-0.2, -0.15) is 0 Å². The summed E-state index contributed by atoms with van der Waals surface area (Å²) in [5.74, 6) is -0.339. The summed E-state index contributed by atoms with van der Waals surface area (Å²) in [6, 6.07) is 14.6. The number of ether oxygens (including phenoxy) is 2. The van der Waals surface area contributed by atoms with Crippen molar-refractivity contribution in [2.24, 2.45) is 0 Å². The maximum atomic E-state index is 13.9. The summed E-state index contributed by atoms with van der Waals surface area (Å²) < 4.78 is 24.7. The van der Waals surface area contributed by atoms with Gasteiger partial charge in [-0.05, 0) is 66.9 Å². The van der Waals surface area contributed by atoms with Crippen LogP contribution in [0.15, 0.2) is 66.9 Å². The molecule has 188 valence electrons. The van der Waals surface area contributed by atoms with Gasteiger partial charge in [-0.3, -0.25) is 19.5 Å². The predicted molar refractivity (Wildman–Crippen MR) is 135 cm³/mol. The molecule has 36 heavy (non-hydrogen) atoms. The number of hydrogen-bond donors (Lipinski definition) is 1. The van der Waals surface area contributed by atoms with Gasteiger partial charge >= 0.3 is 0 Å². The van der Waals surface area contributed by atoms with Crippen molar-refractivity contribution < 1.29 is 23.5 Å². The number of nitrogens with zero attached hydrogens (tertiary/aromatic N) is 2. The van der Waals surface area contributed by atoms with Gasteiger partial charge in [-0.15, -0.1) is 0 Å². The van der Waals surface area contributed by atoms with E-state index in [2.05, 4.69) is 10.3 Å². The van der Waals surface area contributed by atoms with Crippen LogP contribution >= 0.6 is 0 Å². The van der Waals surface area contributed by atoms with Crippen molar-refractivity contribution in [1.82, 2.24) is 10.3 Å². The van der Waals surface area contributed by atoms with Crippen molar-refractivity contribution in [1.29, 1.82) is 0 Å². The number of rotatable bonds is 8. The van der Waals surface area contributed by atoms with Crippen LogP contribution in [0.25, 0.3) is 0 Å². The normalized spacial score (nSPS) is 14.5. The number of hydrogen-bond acceptors (Lipinski definition) is 5. The molecule has 7 nitrogen and oxygen atoms in total. The fraction of sp³-hybridized carbons (Fsp3) is 0.321. The van der Waals surface area contributed by atoms with Gasteiger partial charge < -0.3 is 14.8 Å². The van der Waals surface area contributed by atoms with Gasteiger partial charge in [0.25, 0.3) is 5.91 Å². The van der Waals surface area contributed by atoms with Crippen molar-refractivity contribution in [3.63, 3.8) is 0 Å². The standard InChI is InChI=1S/C28H30FN3O4/c1-35-24-16-11-19(18-25(24)36-2)26(27(33)31-21-8-4-3-5-9-21)32(22-14-12-20(29)13-15-22)28(34)23-10-6-7-17-30-23/h6-7,10-18,21,26H,3-5,8-9H2,1-2H3,(H,31,33). The highest BCUT2D eigenvalue weighted by molar-refractivity contribution is 6.09. The number of aromatic nitrogens is 1. The molecule has 1 aliphatic rings. The first-order valence-corrected chi connectivity index (χ1v) is 12.0. The Balaban J connectivity index is 1.84. The molecule has 2 amide bonds. The Morgan fingerprint density at radius 3 is 2.33 bits per heavy atom. The van der Waals surface area contributed by atoms with E-state index in [1.54, 1.807) is 36.4 Å². The van der Waals surface area contributed by atoms with E-state index >= 15 is 0 Å². The molecule has 1 N–H and O–H groups in total. The van der Waals surface area contributed by atoms with E-state index in [0.29, 0.717) is 22.7 Å². The number of nitrogens with one attached hydrogen (secondary N) is 1. The van der Waals surface area contributed by atoms with Gasteiger partial charge in [0.05, 0.1) is 14.2 Å². The number of pyridine rings is 1. The van der Waals surface area contributed by atoms with E-state index in [1.165, 1.54) is 49.6 Å². The highest BCUT2D eigenvalue weighted by Gasteiger charge is 2.35. The van der Waals surface area contributed by atoms with Crippen LogP contribution < -0.4 is 19.7 Å². The highest BCUT2D eigenvalue weighted by atomic mass is 19.1. The van der Waals surface area contributed by atoms with Gasteiger partial charge in [0.2, 0.25) is 5.91 Å². The van der Waals surface area contributed by atoms with Crippen LogP contribution in [-0.4, -0.2) is 37.1 Å². The number of benzene rings is 2. The predicted octanol–water partition coefficient (Wildman–Crippen LogP) is 5.07. The summed E-state index contributed by atoms with van der Waals surface area (Å²) in [4.78, 5) is 33.3. The summed E-state index contributed by atoms with van der Waals surface area (Å²) in [5, 5.41) is 3.15. The SMILES string of the molecule is COc1ccc(C(C(=O)NC2CCCCC2)N(C(=O)c2ccccn2)c2ccc(F)cc2)cc1OC. The van der Waals surface area contributed by atoms with E-state index in [9.17, 15) is 14.0 Å². The zero-order chi connectivity index (χ0) is 25.5. The lowest BCUT2D eigenvalue weighted by molar-refractivity contribution is -0.123. The molecule has 0 spiro atoms. The average Bonchev–Trinajstić information content (AvgIpc) is 2.92. The summed E-state index contributed by atoms with van der Waals surface area (Å²) >= 11 is 0. The van der Waals surface area contributed by atoms with Gasteiger partial charge in [0, 0.05) is 17.9 Å². The first-order chi connectivity index (χ1) is 17.5. The molecule has 1 aromatic heterocycles. The van der Waals surface area contributed by atoms with Crippen LogP contribution in [-0.2, 0) is 4.79 Å². The summed E-state index contributed by atoms with van der Waals surface area (Å²) in [5.41, 5.74) is 1.05. The average molecular weight is 492 g/mol. The second-order valence-corrected chi connectivity index (χ2v) is 8.73. The molecule has 1 saturated carbocycles. The van der Waals surface area contributed by atoms with Crippen LogP contribution in [0.5, 0.6) is 11.5 Å². The molecular formula is C28H30FN3O4. The largest absolute Gasteiger partial charge is 0.493 e. The van der Waals surface area contributed by atoms with Crippen LogP contribution in [0.3, 0.4) is 0 Å². The quantitative estimate of drug-likeness (QED) is 0.476. The molecular weight excluding hydrogens is 461 g/mol. The Hall–Kier alpha value is -3.94. The van der Waals surface area contributed by atoms with Gasteiger partial charge in [0.1, 0.15) is 17.6 Å². The number of carbonyl (C=O) groups is 2. The van der Waals surface area contributed by atoms with E-state index < -0.39 is 17.8 Å². The molecule has 1 heterocycles. The topological polar surface area (TPSA) is 80.8 Å². The zero-order valence-electron chi connectivity index (χ0n) is 20.4. The Morgan fingerprint density at radius 1 is 0.972 bits per heavy atom. The van der Waals surface area contributed by atoms with Gasteiger partial charge in [-0.25, -0.2) is 4.39 Å². The lowest BCUT2D eigenvalue weighted by Gasteiger charge is -2.33. The number of amides is 2. The van der Waals surface area contributed by atoms with Crippen LogP contribution in [0.1, 0.15) is 54.2 Å². The molecule has 0 saturated heterocycles. The number of halogens is 1. The molecule has 0 radical (unpaired) electrons. The monoisotopic (exact) mass is 491 g/mol. The van der Waals surface area contributed by atoms with Crippen LogP contribution in [0.2, 0.25) is 0 Å². The van der Waals surface area contributed by atoms with E-state index in [0.717, 1.165) is 32.1 Å². The summed E-state index contributed by atoms with van der Waals surface area (Å²) in [6.07, 6.45) is 6.51. The maximum absolute atomic E-state index is 13.9. The van der Waals surface area contributed by atoms with Crippen LogP contribution in [0.4, 0.5) is 10.1 Å². The minimum atomic E-state index is -1.06. The smallest absolute Gasteiger partial charge is 0.277 e. The third kappa shape index (κ3) is 5.64. The lowest BCUT2D eigenvalue weighted by atomic mass is 9.94. The second kappa shape index (κ2) is 11.7. The van der Waals surface area contributed by atoms with E-state index in [4.69, 9.17) is 9.47 Å². The second-order valence-electron chi connectivity index (χ2n) is 8.73. The third-order valence-corrected chi connectivity index (χ3v) is 6.39. The first kappa shape index (κ1) is 25.2. The van der Waals surface area contributed by atoms with E-state index in [1.807, 2.05) is 0 Å². The van der Waals surface area contributed by atoms with Crippen LogP contribution in [0, 0.1) is 5.82 Å². The van der Waals surface area contributed by atoms with Gasteiger partial charge in [0.15, 0.2) is 11.5 Å². The Morgan fingerprint density at radius 2 is 1.69 bits per heavy atom. The fourth-order valence-electron chi connectivity index (χ4n) is 4.57. The highest BCUT2D eigenvalue weighted by Crippen LogP contribution is 2.35. The number of anilines is 1. The van der Waals surface area contributed by atoms with Crippen molar-refractivity contribution >= 4 is 17.5 Å². The van der Waals surface area contributed by atoms with Crippen molar-refractivity contribution in [2.75, 3.05) is 19.1 Å². The molecule has 8 heteroatoms. The van der Waals surface area contributed by atoms with E-state index in [-0.39, 0.29) is 17.6 Å². The zero-order valence-corrected chi connectivity index (χ0v) is 20.4. The Bertz CT molecular complexity index is 1180. The van der Waals surface area contributed by atoms with Crippen molar-refractivity contribution in [3.05, 3.63) is 83.9 Å². The summed E-state index contributed by atoms with van der Waals surface area (Å²) in [6.45, 7) is 0. The maximum Gasteiger partial charge on any atom is 0.277 e. The fourth-order valence-corrected chi connectivity index (χ4v) is 4.57. The lowest BCUT2D eigenvalue weighted by Crippen LogP contribution is -2.47. The minimum absolute atomic E-state index is 0.0221. The molecule has 4 rings (SSSR count). The third-order valence-electron chi connectivity index (χ3n) is 6.39. The molecule has 1 fully saturated rings. The summed E-state index contributed by atoms with van der Waals surface area (Å²) in [7, 11) is 3.04. The molecule has 0 bridgehead atoms. The molecule has 2 aromatic carbocycles. The van der Waals surface area contributed by atoms with Crippen molar-refractivity contribution in [2.45, 2.75) is 44.2 Å². The molecule has 1 aliphatic carbocycles.